The van der Waals surface area contributed by atoms with Gasteiger partial charge in [0.15, 0.2) is 5.96 Å². The molecule has 2 rings (SSSR count). The van der Waals surface area contributed by atoms with Gasteiger partial charge in [-0.2, -0.15) is 11.8 Å². The lowest BCUT2D eigenvalue weighted by atomic mass is 10.2. The van der Waals surface area contributed by atoms with Crippen molar-refractivity contribution in [3.8, 4) is 0 Å². The second-order valence-electron chi connectivity index (χ2n) is 6.88. The molecular formula is C18H35N5OS. The molecule has 1 amide bonds. The molecule has 0 unspecified atom stereocenters. The molecule has 0 spiro atoms. The van der Waals surface area contributed by atoms with Crippen LogP contribution < -0.4 is 5.32 Å². The Morgan fingerprint density at radius 2 is 1.68 bits per heavy atom. The molecular weight excluding hydrogens is 334 g/mol. The summed E-state index contributed by atoms with van der Waals surface area (Å²) in [4.78, 5) is 23.6. The monoisotopic (exact) mass is 369 g/mol. The van der Waals surface area contributed by atoms with Crippen molar-refractivity contribution in [2.45, 2.75) is 32.1 Å². The number of hydrogen-bond donors (Lipinski definition) is 1. The Morgan fingerprint density at radius 3 is 2.28 bits per heavy atom. The summed E-state index contributed by atoms with van der Waals surface area (Å²) in [6, 6.07) is 0. The summed E-state index contributed by atoms with van der Waals surface area (Å²) in [5.41, 5.74) is 0. The minimum absolute atomic E-state index is 0.315. The van der Waals surface area contributed by atoms with Gasteiger partial charge in [0.05, 0.1) is 6.54 Å². The highest BCUT2D eigenvalue weighted by Crippen LogP contribution is 2.11. The van der Waals surface area contributed by atoms with Crippen LogP contribution in [0.1, 0.15) is 32.1 Å². The lowest BCUT2D eigenvalue weighted by Crippen LogP contribution is -2.54. The van der Waals surface area contributed by atoms with Crippen molar-refractivity contribution in [3.63, 3.8) is 0 Å². The van der Waals surface area contributed by atoms with E-state index in [-0.39, 0.29) is 0 Å². The molecule has 144 valence electrons. The zero-order valence-electron chi connectivity index (χ0n) is 16.0. The van der Waals surface area contributed by atoms with E-state index in [9.17, 15) is 4.79 Å². The van der Waals surface area contributed by atoms with Crippen molar-refractivity contribution < 1.29 is 4.79 Å². The number of aliphatic imine (C=N–C) groups is 1. The molecule has 0 radical (unpaired) electrons. The van der Waals surface area contributed by atoms with Crippen LogP contribution in [0.3, 0.4) is 0 Å². The van der Waals surface area contributed by atoms with E-state index in [4.69, 9.17) is 0 Å². The summed E-state index contributed by atoms with van der Waals surface area (Å²) in [5, 5.41) is 3.46. The van der Waals surface area contributed by atoms with Gasteiger partial charge >= 0.3 is 0 Å². The summed E-state index contributed by atoms with van der Waals surface area (Å²) >= 11 is 1.88. The number of carbonyl (C=O) groups is 1. The fourth-order valence-electron chi connectivity index (χ4n) is 3.48. The summed E-state index contributed by atoms with van der Waals surface area (Å²) < 4.78 is 0. The van der Waals surface area contributed by atoms with Gasteiger partial charge in [-0.25, -0.2) is 0 Å². The van der Waals surface area contributed by atoms with Crippen LogP contribution in [-0.4, -0.2) is 98.0 Å². The highest BCUT2D eigenvalue weighted by molar-refractivity contribution is 7.98. The number of nitrogens with one attached hydrogen (secondary N) is 1. The van der Waals surface area contributed by atoms with Crippen molar-refractivity contribution in [3.05, 3.63) is 0 Å². The zero-order valence-corrected chi connectivity index (χ0v) is 16.8. The molecule has 0 aromatic carbocycles. The van der Waals surface area contributed by atoms with E-state index in [0.717, 1.165) is 71.0 Å². The molecule has 2 aliphatic rings. The molecule has 2 saturated heterocycles. The summed E-state index contributed by atoms with van der Waals surface area (Å²) in [7, 11) is 1.85. The van der Waals surface area contributed by atoms with Crippen LogP contribution in [0.25, 0.3) is 0 Å². The third-order valence-electron chi connectivity index (χ3n) is 5.01. The average Bonchev–Trinajstić information content (AvgIpc) is 2.92. The Morgan fingerprint density at radius 1 is 1.00 bits per heavy atom. The number of amides is 1. The highest BCUT2D eigenvalue weighted by atomic mass is 32.2. The fraction of sp³-hybridized carbons (Fsp3) is 0.889. The lowest BCUT2D eigenvalue weighted by molar-refractivity contribution is -0.132. The van der Waals surface area contributed by atoms with Crippen LogP contribution in [-0.2, 0) is 4.79 Å². The number of piperazine rings is 1. The van der Waals surface area contributed by atoms with Gasteiger partial charge < -0.3 is 15.1 Å². The second kappa shape index (κ2) is 11.6. The standard InChI is InChI=1S/C18H35N5OS/c1-19-18(20-8-7-15-25-2)23-13-11-21(12-14-23)16-17(24)22-9-5-3-4-6-10-22/h3-16H2,1-2H3,(H,19,20). The molecule has 2 heterocycles. The predicted octanol–water partition coefficient (Wildman–Crippen LogP) is 1.34. The Balaban J connectivity index is 1.70. The number of likely N-dealkylation sites (tertiary alicyclic amines) is 1. The molecule has 0 saturated carbocycles. The maximum atomic E-state index is 12.5. The number of guanidine groups is 1. The molecule has 0 aromatic heterocycles. The SMILES string of the molecule is CN=C(NCCCSC)N1CCN(CC(=O)N2CCCCCC2)CC1. The van der Waals surface area contributed by atoms with Crippen molar-refractivity contribution in [2.24, 2.45) is 4.99 Å². The van der Waals surface area contributed by atoms with Crippen LogP contribution in [0.2, 0.25) is 0 Å². The first-order chi connectivity index (χ1) is 12.2. The predicted molar refractivity (Wildman–Crippen MR) is 107 cm³/mol. The quantitative estimate of drug-likeness (QED) is 0.435. The topological polar surface area (TPSA) is 51.2 Å². The van der Waals surface area contributed by atoms with Crippen molar-refractivity contribution in [2.75, 3.05) is 71.4 Å². The van der Waals surface area contributed by atoms with E-state index in [1.165, 1.54) is 18.6 Å². The average molecular weight is 370 g/mol. The molecule has 6 nitrogen and oxygen atoms in total. The Hall–Kier alpha value is -0.950. The third-order valence-corrected chi connectivity index (χ3v) is 5.71. The first kappa shape index (κ1) is 20.4. The molecule has 0 atom stereocenters. The number of hydrogen-bond acceptors (Lipinski definition) is 4. The van der Waals surface area contributed by atoms with Gasteiger partial charge in [0.25, 0.3) is 0 Å². The minimum atomic E-state index is 0.315. The van der Waals surface area contributed by atoms with E-state index in [2.05, 4.69) is 31.3 Å². The first-order valence-corrected chi connectivity index (χ1v) is 11.1. The Bertz CT molecular complexity index is 416. The van der Waals surface area contributed by atoms with E-state index < -0.39 is 0 Å². The van der Waals surface area contributed by atoms with Crippen LogP contribution in [0, 0.1) is 0 Å². The van der Waals surface area contributed by atoms with Gasteiger partial charge in [-0.15, -0.1) is 0 Å². The highest BCUT2D eigenvalue weighted by Gasteiger charge is 2.23. The number of carbonyl (C=O) groups excluding carboxylic acids is 1. The zero-order chi connectivity index (χ0) is 17.9. The van der Waals surface area contributed by atoms with Crippen LogP contribution in [0.4, 0.5) is 0 Å². The van der Waals surface area contributed by atoms with Crippen molar-refractivity contribution >= 4 is 23.6 Å². The van der Waals surface area contributed by atoms with E-state index in [1.54, 1.807) is 0 Å². The second-order valence-corrected chi connectivity index (χ2v) is 7.86. The molecule has 0 aromatic rings. The smallest absolute Gasteiger partial charge is 0.236 e. The molecule has 7 heteroatoms. The molecule has 2 fully saturated rings. The summed E-state index contributed by atoms with van der Waals surface area (Å²) in [6.45, 7) is 7.20. The summed E-state index contributed by atoms with van der Waals surface area (Å²) in [5.74, 6) is 2.49. The minimum Gasteiger partial charge on any atom is -0.356 e. The van der Waals surface area contributed by atoms with Gasteiger partial charge in [0.2, 0.25) is 5.91 Å². The molecule has 2 aliphatic heterocycles. The van der Waals surface area contributed by atoms with E-state index in [1.807, 2.05) is 18.8 Å². The Kier molecular flexibility index (Phi) is 9.47. The first-order valence-electron chi connectivity index (χ1n) is 9.69. The van der Waals surface area contributed by atoms with Gasteiger partial charge in [0.1, 0.15) is 0 Å². The van der Waals surface area contributed by atoms with Crippen molar-refractivity contribution in [1.82, 2.24) is 20.0 Å². The fourth-order valence-corrected chi connectivity index (χ4v) is 3.91. The molecule has 1 N–H and O–H groups in total. The number of thioether (sulfide) groups is 1. The molecule has 0 bridgehead atoms. The Labute approximate surface area is 157 Å². The summed E-state index contributed by atoms with van der Waals surface area (Å²) in [6.07, 6.45) is 8.17. The van der Waals surface area contributed by atoms with Crippen molar-refractivity contribution in [1.29, 1.82) is 0 Å². The molecule has 25 heavy (non-hydrogen) atoms. The normalized spacial score (nSPS) is 20.5. The van der Waals surface area contributed by atoms with Gasteiger partial charge in [-0.1, -0.05) is 12.8 Å². The number of rotatable bonds is 6. The van der Waals surface area contributed by atoms with Gasteiger partial charge in [-0.05, 0) is 31.3 Å². The molecule has 0 aliphatic carbocycles. The third kappa shape index (κ3) is 7.05. The largest absolute Gasteiger partial charge is 0.356 e. The lowest BCUT2D eigenvalue weighted by Gasteiger charge is -2.37. The van der Waals surface area contributed by atoms with Crippen LogP contribution in [0.15, 0.2) is 4.99 Å². The van der Waals surface area contributed by atoms with Crippen LogP contribution in [0.5, 0.6) is 0 Å². The van der Waals surface area contributed by atoms with E-state index >= 15 is 0 Å². The van der Waals surface area contributed by atoms with Crippen LogP contribution >= 0.6 is 11.8 Å². The van der Waals surface area contributed by atoms with Gasteiger partial charge in [-0.3, -0.25) is 14.7 Å². The van der Waals surface area contributed by atoms with E-state index in [0.29, 0.717) is 12.5 Å². The van der Waals surface area contributed by atoms with Gasteiger partial charge in [0, 0.05) is 52.9 Å². The maximum absolute atomic E-state index is 12.5. The number of nitrogens with zero attached hydrogens (tertiary/aromatic N) is 4. The maximum Gasteiger partial charge on any atom is 0.236 e.